The minimum Gasteiger partial charge on any atom is -0.491 e. The fourth-order valence-corrected chi connectivity index (χ4v) is 8.48. The number of nitrogens with one attached hydrogen (secondary N) is 1. The van der Waals surface area contributed by atoms with Crippen molar-refractivity contribution in [1.82, 2.24) is 30.4 Å². The highest BCUT2D eigenvalue weighted by atomic mass is 32.2. The summed E-state index contributed by atoms with van der Waals surface area (Å²) in [7, 11) is 0. The van der Waals surface area contributed by atoms with E-state index in [2.05, 4.69) is 107 Å². The second-order valence-electron chi connectivity index (χ2n) is 12.7. The molecule has 1 N–H and O–H groups in total. The first kappa shape index (κ1) is 30.2. The fraction of sp³-hybridized carbons (Fsp3) is 0.297. The Morgan fingerprint density at radius 3 is 1.91 bits per heavy atom. The monoisotopic (exact) mass is 630 g/mol. The molecular weight excluding hydrogens is 593 g/mol. The number of ether oxygens (including phenoxy) is 1. The number of nitrogens with zero attached hydrogens (tertiary/aromatic N) is 5. The van der Waals surface area contributed by atoms with Crippen LogP contribution >= 0.6 is 11.8 Å². The van der Waals surface area contributed by atoms with Gasteiger partial charge in [0.05, 0.1) is 18.2 Å². The molecule has 0 saturated carbocycles. The van der Waals surface area contributed by atoms with Crippen molar-refractivity contribution < 1.29 is 9.53 Å². The van der Waals surface area contributed by atoms with Crippen molar-refractivity contribution in [1.29, 1.82) is 0 Å². The van der Waals surface area contributed by atoms with Crippen LogP contribution in [0.1, 0.15) is 61.8 Å². The lowest BCUT2D eigenvalue weighted by molar-refractivity contribution is -0.150. The van der Waals surface area contributed by atoms with Gasteiger partial charge >= 0.3 is 0 Å². The van der Waals surface area contributed by atoms with Crippen molar-refractivity contribution >= 4 is 17.7 Å². The molecular formula is C37H38N6O2S. The summed E-state index contributed by atoms with van der Waals surface area (Å²) in [4.78, 5) is 16.3. The van der Waals surface area contributed by atoms with Crippen molar-refractivity contribution in [2.24, 2.45) is 0 Å². The number of fused-ring (bicyclic) bond motifs is 1. The Balaban J connectivity index is 1.21. The summed E-state index contributed by atoms with van der Waals surface area (Å²) < 4.78 is 7.31. The number of carbonyl (C=O) groups excluding carboxylic acids is 1. The second kappa shape index (κ2) is 12.0. The van der Waals surface area contributed by atoms with Gasteiger partial charge in [0, 0.05) is 4.75 Å². The van der Waals surface area contributed by atoms with Crippen LogP contribution in [0.3, 0.4) is 0 Å². The van der Waals surface area contributed by atoms with Gasteiger partial charge in [0.1, 0.15) is 23.2 Å². The smallest absolute Gasteiger partial charge is 0.244 e. The van der Waals surface area contributed by atoms with E-state index in [1.165, 1.54) is 0 Å². The van der Waals surface area contributed by atoms with Crippen molar-refractivity contribution in [2.45, 2.75) is 68.1 Å². The van der Waals surface area contributed by atoms with Gasteiger partial charge in [-0.15, -0.1) is 16.9 Å². The lowest BCUT2D eigenvalue weighted by Crippen LogP contribution is -2.70. The zero-order valence-corrected chi connectivity index (χ0v) is 27.3. The lowest BCUT2D eigenvalue weighted by Gasteiger charge is -2.49. The van der Waals surface area contributed by atoms with E-state index in [0.29, 0.717) is 12.4 Å². The minimum absolute atomic E-state index is 0.0463. The van der Waals surface area contributed by atoms with Crippen molar-refractivity contribution in [3.05, 3.63) is 143 Å². The van der Waals surface area contributed by atoms with Gasteiger partial charge < -0.3 is 9.64 Å². The number of thioether (sulfide) groups is 1. The molecule has 46 heavy (non-hydrogen) atoms. The number of tetrazole rings is 1. The molecule has 2 aliphatic rings. The molecule has 5 aromatic rings. The number of hydrogen-bond donors (Lipinski definition) is 1. The number of rotatable bonds is 10. The average Bonchev–Trinajstić information content (AvgIpc) is 3.62. The van der Waals surface area contributed by atoms with Gasteiger partial charge in [-0.05, 0) is 72.5 Å². The van der Waals surface area contributed by atoms with E-state index in [1.54, 1.807) is 11.8 Å². The molecule has 7 rings (SSSR count). The summed E-state index contributed by atoms with van der Waals surface area (Å²) in [5.74, 6) is 1.56. The molecule has 2 fully saturated rings. The molecule has 2 saturated heterocycles. The number of amides is 1. The molecule has 1 amide bonds. The molecule has 0 spiro atoms. The molecule has 3 heterocycles. The van der Waals surface area contributed by atoms with Gasteiger partial charge in [0.25, 0.3) is 0 Å². The van der Waals surface area contributed by atoms with Crippen LogP contribution < -0.4 is 10.1 Å². The molecule has 1 aromatic heterocycles. The van der Waals surface area contributed by atoms with Gasteiger partial charge in [-0.3, -0.25) is 10.1 Å². The SMILES string of the molecule is CC(C)Oc1ccc(Cn2nnnc2C2N3C(=O)C(NC(c4ccccc4)(c4ccccc4)c4ccccc4)[C@H]3SC2(C)C)cc1. The Labute approximate surface area is 274 Å². The quantitative estimate of drug-likeness (QED) is 0.145. The predicted molar refractivity (Wildman–Crippen MR) is 180 cm³/mol. The Hall–Kier alpha value is -4.47. The highest BCUT2D eigenvalue weighted by Gasteiger charge is 2.64. The van der Waals surface area contributed by atoms with Crippen molar-refractivity contribution in [3.8, 4) is 5.75 Å². The van der Waals surface area contributed by atoms with E-state index in [1.807, 2.05) is 65.9 Å². The first-order valence-corrected chi connectivity index (χ1v) is 16.6. The fourth-order valence-electron chi connectivity index (χ4n) is 6.85. The second-order valence-corrected chi connectivity index (χ2v) is 14.5. The third-order valence-electron chi connectivity index (χ3n) is 8.87. The number of β-lactam (4-membered cyclic amide) rings is 1. The molecule has 0 radical (unpaired) electrons. The van der Waals surface area contributed by atoms with Crippen LogP contribution in [0.2, 0.25) is 0 Å². The maximum absolute atomic E-state index is 14.4. The highest BCUT2D eigenvalue weighted by Crippen LogP contribution is 2.57. The van der Waals surface area contributed by atoms with Crippen LogP contribution in [0, 0.1) is 0 Å². The molecule has 2 unspecified atom stereocenters. The van der Waals surface area contributed by atoms with E-state index in [0.717, 1.165) is 28.0 Å². The van der Waals surface area contributed by atoms with Crippen molar-refractivity contribution in [2.75, 3.05) is 0 Å². The zero-order valence-electron chi connectivity index (χ0n) is 26.4. The molecule has 4 aromatic carbocycles. The van der Waals surface area contributed by atoms with Crippen LogP contribution in [0.5, 0.6) is 5.75 Å². The standard InChI is InChI=1S/C37H38N6O2S/c1-25(2)45-30-22-20-26(21-23-30)24-42-33(39-40-41-42)32-36(3,4)46-35-31(34(44)43(32)35)38-37(27-14-8-5-9-15-27,28-16-10-6-11-17-28)29-18-12-7-13-19-29/h5-23,25,31-32,35,38H,24H2,1-4H3/t31?,32?,35-/m1/s1. The van der Waals surface area contributed by atoms with Gasteiger partial charge in [0.15, 0.2) is 5.82 Å². The molecule has 9 heteroatoms. The van der Waals surface area contributed by atoms with E-state index >= 15 is 0 Å². The van der Waals surface area contributed by atoms with Crippen LogP contribution in [-0.4, -0.2) is 53.3 Å². The highest BCUT2D eigenvalue weighted by molar-refractivity contribution is 8.01. The summed E-state index contributed by atoms with van der Waals surface area (Å²) in [6.07, 6.45) is 0.109. The number of carbonyl (C=O) groups is 1. The maximum Gasteiger partial charge on any atom is 0.244 e. The molecule has 0 aliphatic carbocycles. The molecule has 0 bridgehead atoms. The average molecular weight is 631 g/mol. The first-order chi connectivity index (χ1) is 22.3. The van der Waals surface area contributed by atoms with Gasteiger partial charge in [0.2, 0.25) is 5.91 Å². The minimum atomic E-state index is -0.744. The number of benzene rings is 4. The Morgan fingerprint density at radius 1 is 0.848 bits per heavy atom. The molecule has 234 valence electrons. The predicted octanol–water partition coefficient (Wildman–Crippen LogP) is 6.19. The lowest BCUT2D eigenvalue weighted by atomic mass is 9.76. The van der Waals surface area contributed by atoms with Gasteiger partial charge in [-0.1, -0.05) is 103 Å². The van der Waals surface area contributed by atoms with Crippen molar-refractivity contribution in [3.63, 3.8) is 0 Å². The molecule has 2 aliphatic heterocycles. The summed E-state index contributed by atoms with van der Waals surface area (Å²) in [5, 5.41) is 16.8. The normalized spacial score (nSPS) is 20.4. The Morgan fingerprint density at radius 2 is 1.39 bits per heavy atom. The van der Waals surface area contributed by atoms with E-state index < -0.39 is 11.6 Å². The zero-order chi connectivity index (χ0) is 31.9. The third-order valence-corrected chi connectivity index (χ3v) is 10.4. The maximum atomic E-state index is 14.4. The summed E-state index contributed by atoms with van der Waals surface area (Å²) >= 11 is 1.80. The number of hydrogen-bond acceptors (Lipinski definition) is 7. The van der Waals surface area contributed by atoms with E-state index in [9.17, 15) is 4.79 Å². The topological polar surface area (TPSA) is 85.2 Å². The summed E-state index contributed by atoms with van der Waals surface area (Å²) in [6, 6.07) is 38.5. The largest absolute Gasteiger partial charge is 0.491 e. The Kier molecular flexibility index (Phi) is 7.90. The number of aromatic nitrogens is 4. The summed E-state index contributed by atoms with van der Waals surface area (Å²) in [6.45, 7) is 8.88. The Bertz CT molecular complexity index is 1700. The van der Waals surface area contributed by atoms with E-state index in [4.69, 9.17) is 4.74 Å². The summed E-state index contributed by atoms with van der Waals surface area (Å²) in [5.41, 5.74) is 3.53. The first-order valence-electron chi connectivity index (χ1n) is 15.7. The van der Waals surface area contributed by atoms with Crippen LogP contribution in [0.4, 0.5) is 0 Å². The van der Waals surface area contributed by atoms with Crippen LogP contribution in [0.15, 0.2) is 115 Å². The third kappa shape index (κ3) is 5.27. The van der Waals surface area contributed by atoms with E-state index in [-0.39, 0.29) is 28.2 Å². The van der Waals surface area contributed by atoms with Gasteiger partial charge in [-0.2, -0.15) is 0 Å². The van der Waals surface area contributed by atoms with Crippen LogP contribution in [-0.2, 0) is 16.9 Å². The molecule has 8 nitrogen and oxygen atoms in total. The van der Waals surface area contributed by atoms with Gasteiger partial charge in [-0.25, -0.2) is 4.68 Å². The molecule has 3 atom stereocenters. The van der Waals surface area contributed by atoms with Crippen LogP contribution in [0.25, 0.3) is 0 Å².